The molecule has 22 heavy (non-hydrogen) atoms. The van der Waals surface area contributed by atoms with E-state index in [1.165, 1.54) is 6.92 Å². The standard InChI is InChI=1S/C16H23N3O3/c1-11(2)18-16(22)10-17-15(21)9-14(19-12(3)20)13-7-5-4-6-8-13/h4-8,11,14H,9-10H2,1-3H3,(H,17,21)(H,18,22)(H,19,20)/t14-/m1/s1. The number of rotatable bonds is 7. The molecule has 1 atom stereocenters. The first-order valence-electron chi connectivity index (χ1n) is 7.26. The van der Waals surface area contributed by atoms with Gasteiger partial charge >= 0.3 is 0 Å². The normalized spacial score (nSPS) is 11.6. The molecule has 6 heteroatoms. The summed E-state index contributed by atoms with van der Waals surface area (Å²) in [4.78, 5) is 34.7. The van der Waals surface area contributed by atoms with E-state index in [2.05, 4.69) is 16.0 Å². The number of carbonyl (C=O) groups is 3. The molecule has 6 nitrogen and oxygen atoms in total. The number of hydrogen-bond donors (Lipinski definition) is 3. The van der Waals surface area contributed by atoms with Gasteiger partial charge in [-0.2, -0.15) is 0 Å². The molecular weight excluding hydrogens is 282 g/mol. The van der Waals surface area contributed by atoms with Crippen LogP contribution in [0.1, 0.15) is 38.8 Å². The van der Waals surface area contributed by atoms with Crippen LogP contribution >= 0.6 is 0 Å². The summed E-state index contributed by atoms with van der Waals surface area (Å²) >= 11 is 0. The van der Waals surface area contributed by atoms with Gasteiger partial charge in [-0.05, 0) is 19.4 Å². The van der Waals surface area contributed by atoms with E-state index in [0.29, 0.717) is 0 Å². The molecule has 0 aliphatic carbocycles. The Bertz CT molecular complexity index is 515. The second kappa shape index (κ2) is 8.81. The van der Waals surface area contributed by atoms with Crippen LogP contribution in [0.25, 0.3) is 0 Å². The lowest BCUT2D eigenvalue weighted by Gasteiger charge is -2.18. The van der Waals surface area contributed by atoms with Crippen molar-refractivity contribution < 1.29 is 14.4 Å². The van der Waals surface area contributed by atoms with Crippen LogP contribution in [0.3, 0.4) is 0 Å². The minimum atomic E-state index is -0.410. The van der Waals surface area contributed by atoms with E-state index in [1.54, 1.807) is 0 Å². The molecule has 0 spiro atoms. The molecule has 3 amide bonds. The average Bonchev–Trinajstić information content (AvgIpc) is 2.44. The van der Waals surface area contributed by atoms with Crippen LogP contribution in [0, 0.1) is 0 Å². The molecule has 0 aliphatic rings. The molecule has 0 aromatic heterocycles. The van der Waals surface area contributed by atoms with Crippen LogP contribution in [0.5, 0.6) is 0 Å². The second-order valence-corrected chi connectivity index (χ2v) is 5.37. The zero-order chi connectivity index (χ0) is 16.5. The average molecular weight is 305 g/mol. The number of amides is 3. The maximum atomic E-state index is 12.0. The van der Waals surface area contributed by atoms with Gasteiger partial charge < -0.3 is 16.0 Å². The van der Waals surface area contributed by atoms with Gasteiger partial charge in [-0.3, -0.25) is 14.4 Å². The van der Waals surface area contributed by atoms with E-state index in [-0.39, 0.29) is 36.7 Å². The van der Waals surface area contributed by atoms with Crippen molar-refractivity contribution in [1.29, 1.82) is 0 Å². The Morgan fingerprint density at radius 1 is 1.00 bits per heavy atom. The highest BCUT2D eigenvalue weighted by Gasteiger charge is 2.17. The van der Waals surface area contributed by atoms with Crippen LogP contribution in [0.2, 0.25) is 0 Å². The summed E-state index contributed by atoms with van der Waals surface area (Å²) in [6.45, 7) is 5.03. The Balaban J connectivity index is 2.57. The molecular formula is C16H23N3O3. The fourth-order valence-corrected chi connectivity index (χ4v) is 1.99. The number of benzene rings is 1. The fourth-order valence-electron chi connectivity index (χ4n) is 1.99. The predicted molar refractivity (Wildman–Crippen MR) is 83.9 cm³/mol. The Morgan fingerprint density at radius 2 is 1.64 bits per heavy atom. The highest BCUT2D eigenvalue weighted by atomic mass is 16.2. The van der Waals surface area contributed by atoms with Crippen LogP contribution in [0.4, 0.5) is 0 Å². The quantitative estimate of drug-likeness (QED) is 0.699. The second-order valence-electron chi connectivity index (χ2n) is 5.37. The molecule has 1 aromatic rings. The number of carbonyl (C=O) groups excluding carboxylic acids is 3. The van der Waals surface area contributed by atoms with Crippen molar-refractivity contribution in [2.75, 3.05) is 6.54 Å². The fraction of sp³-hybridized carbons (Fsp3) is 0.438. The van der Waals surface area contributed by atoms with Crippen LogP contribution < -0.4 is 16.0 Å². The summed E-state index contributed by atoms with van der Waals surface area (Å²) in [7, 11) is 0. The molecule has 0 bridgehead atoms. The molecule has 1 aromatic carbocycles. The van der Waals surface area contributed by atoms with E-state index >= 15 is 0 Å². The molecule has 0 saturated heterocycles. The van der Waals surface area contributed by atoms with Crippen molar-refractivity contribution in [3.8, 4) is 0 Å². The lowest BCUT2D eigenvalue weighted by Crippen LogP contribution is -2.41. The third-order valence-corrected chi connectivity index (χ3v) is 2.86. The predicted octanol–water partition coefficient (Wildman–Crippen LogP) is 0.895. The summed E-state index contributed by atoms with van der Waals surface area (Å²) < 4.78 is 0. The zero-order valence-corrected chi connectivity index (χ0v) is 13.2. The summed E-state index contributed by atoms with van der Waals surface area (Å²) in [5.74, 6) is -0.736. The van der Waals surface area contributed by atoms with Gasteiger partial charge in [0, 0.05) is 13.0 Å². The molecule has 0 radical (unpaired) electrons. The summed E-state index contributed by atoms with van der Waals surface area (Å²) in [6.07, 6.45) is 0.0819. The monoisotopic (exact) mass is 305 g/mol. The van der Waals surface area contributed by atoms with Crippen molar-refractivity contribution in [3.05, 3.63) is 35.9 Å². The topological polar surface area (TPSA) is 87.3 Å². The number of hydrogen-bond acceptors (Lipinski definition) is 3. The number of nitrogens with one attached hydrogen (secondary N) is 3. The first kappa shape index (κ1) is 17.7. The molecule has 0 unspecified atom stereocenters. The largest absolute Gasteiger partial charge is 0.352 e. The van der Waals surface area contributed by atoms with Crippen molar-refractivity contribution in [2.45, 2.75) is 39.3 Å². The smallest absolute Gasteiger partial charge is 0.239 e. The lowest BCUT2D eigenvalue weighted by atomic mass is 10.0. The van der Waals surface area contributed by atoms with Gasteiger partial charge in [-0.15, -0.1) is 0 Å². The van der Waals surface area contributed by atoms with E-state index in [4.69, 9.17) is 0 Å². The molecule has 0 saturated carbocycles. The highest BCUT2D eigenvalue weighted by Crippen LogP contribution is 2.16. The van der Waals surface area contributed by atoms with Gasteiger partial charge in [0.1, 0.15) is 0 Å². The van der Waals surface area contributed by atoms with E-state index in [0.717, 1.165) is 5.56 Å². The molecule has 120 valence electrons. The Kier molecular flexibility index (Phi) is 7.08. The highest BCUT2D eigenvalue weighted by molar-refractivity contribution is 5.85. The SMILES string of the molecule is CC(=O)N[C@H](CC(=O)NCC(=O)NC(C)C)c1ccccc1. The van der Waals surface area contributed by atoms with Gasteiger partial charge in [-0.25, -0.2) is 0 Å². The van der Waals surface area contributed by atoms with Gasteiger partial charge in [0.05, 0.1) is 19.0 Å². The van der Waals surface area contributed by atoms with Crippen molar-refractivity contribution in [1.82, 2.24) is 16.0 Å². The van der Waals surface area contributed by atoms with Gasteiger partial charge in [0.25, 0.3) is 0 Å². The molecule has 0 fully saturated rings. The summed E-state index contributed by atoms with van der Waals surface area (Å²) in [5, 5.41) is 8.00. The molecule has 1 rings (SSSR count). The zero-order valence-electron chi connectivity index (χ0n) is 13.2. The maximum Gasteiger partial charge on any atom is 0.239 e. The summed E-state index contributed by atoms with van der Waals surface area (Å²) in [6, 6.07) is 8.87. The van der Waals surface area contributed by atoms with Gasteiger partial charge in [0.2, 0.25) is 17.7 Å². The molecule has 0 aliphatic heterocycles. The molecule has 3 N–H and O–H groups in total. The van der Waals surface area contributed by atoms with E-state index in [9.17, 15) is 14.4 Å². The van der Waals surface area contributed by atoms with E-state index in [1.807, 2.05) is 44.2 Å². The third kappa shape index (κ3) is 6.88. The van der Waals surface area contributed by atoms with Crippen molar-refractivity contribution in [2.24, 2.45) is 0 Å². The minimum Gasteiger partial charge on any atom is -0.352 e. The minimum absolute atomic E-state index is 0.0286. The molecule has 0 heterocycles. The van der Waals surface area contributed by atoms with Crippen LogP contribution in [-0.4, -0.2) is 30.3 Å². The third-order valence-electron chi connectivity index (χ3n) is 2.86. The van der Waals surface area contributed by atoms with E-state index < -0.39 is 6.04 Å². The Morgan fingerprint density at radius 3 is 2.18 bits per heavy atom. The van der Waals surface area contributed by atoms with Crippen molar-refractivity contribution >= 4 is 17.7 Å². The van der Waals surface area contributed by atoms with Crippen LogP contribution in [-0.2, 0) is 14.4 Å². The Labute approximate surface area is 130 Å². The van der Waals surface area contributed by atoms with Gasteiger partial charge in [-0.1, -0.05) is 30.3 Å². The first-order chi connectivity index (χ1) is 10.4. The Hall–Kier alpha value is -2.37. The van der Waals surface area contributed by atoms with Gasteiger partial charge in [0.15, 0.2) is 0 Å². The lowest BCUT2D eigenvalue weighted by molar-refractivity contribution is -0.127. The van der Waals surface area contributed by atoms with Crippen molar-refractivity contribution in [3.63, 3.8) is 0 Å². The first-order valence-corrected chi connectivity index (χ1v) is 7.26. The van der Waals surface area contributed by atoms with Crippen LogP contribution in [0.15, 0.2) is 30.3 Å². The maximum absolute atomic E-state index is 12.0. The summed E-state index contributed by atoms with van der Waals surface area (Å²) in [5.41, 5.74) is 0.847.